The van der Waals surface area contributed by atoms with Gasteiger partial charge in [0, 0.05) is 42.8 Å². The standard InChI is InChI=1S/C22H22N4O3S/c1-16-4-6-17(7-5-16)18-14-30-21-20(18)22(28)25(15-23-21)12-8-19(27)29-13-3-11-26-10-2-9-24-26/h2,4-7,9-10,14-15H,3,8,11-13H2,1H3. The fraction of sp³-hybridized carbons (Fsp3) is 0.273. The molecule has 7 nitrogen and oxygen atoms in total. The summed E-state index contributed by atoms with van der Waals surface area (Å²) in [6.45, 7) is 3.29. The van der Waals surface area contributed by atoms with Crippen molar-refractivity contribution in [1.82, 2.24) is 19.3 Å². The summed E-state index contributed by atoms with van der Waals surface area (Å²) in [5.41, 5.74) is 2.89. The van der Waals surface area contributed by atoms with Crippen molar-refractivity contribution in [1.29, 1.82) is 0 Å². The van der Waals surface area contributed by atoms with Gasteiger partial charge < -0.3 is 4.74 Å². The van der Waals surface area contributed by atoms with Crippen molar-refractivity contribution in [3.63, 3.8) is 0 Å². The molecule has 3 heterocycles. The molecule has 0 bridgehead atoms. The highest BCUT2D eigenvalue weighted by Gasteiger charge is 2.14. The predicted octanol–water partition coefficient (Wildman–Crippen LogP) is 3.65. The lowest BCUT2D eigenvalue weighted by molar-refractivity contribution is -0.144. The zero-order chi connectivity index (χ0) is 20.9. The van der Waals surface area contributed by atoms with Crippen LogP contribution in [-0.2, 0) is 22.6 Å². The van der Waals surface area contributed by atoms with Gasteiger partial charge >= 0.3 is 5.97 Å². The Kier molecular flexibility index (Phi) is 6.04. The largest absolute Gasteiger partial charge is 0.466 e. The number of thiophene rings is 1. The van der Waals surface area contributed by atoms with Gasteiger partial charge in [0.2, 0.25) is 0 Å². The first-order valence-electron chi connectivity index (χ1n) is 9.78. The Bertz CT molecular complexity index is 1190. The first-order valence-corrected chi connectivity index (χ1v) is 10.7. The Hall–Kier alpha value is -3.26. The van der Waals surface area contributed by atoms with Crippen LogP contribution in [0.2, 0.25) is 0 Å². The second-order valence-electron chi connectivity index (χ2n) is 7.03. The van der Waals surface area contributed by atoms with E-state index in [0.717, 1.165) is 16.7 Å². The summed E-state index contributed by atoms with van der Waals surface area (Å²) in [6, 6.07) is 9.92. The third kappa shape index (κ3) is 4.49. The summed E-state index contributed by atoms with van der Waals surface area (Å²) in [5.74, 6) is -0.327. The minimum absolute atomic E-state index is 0.124. The number of aryl methyl sites for hydroxylation is 3. The molecule has 0 atom stereocenters. The quantitative estimate of drug-likeness (QED) is 0.320. The van der Waals surface area contributed by atoms with Crippen LogP contribution in [0.5, 0.6) is 0 Å². The minimum Gasteiger partial charge on any atom is -0.466 e. The maximum atomic E-state index is 13.0. The topological polar surface area (TPSA) is 79.0 Å². The molecule has 0 spiro atoms. The van der Waals surface area contributed by atoms with Crippen LogP contribution in [0.25, 0.3) is 21.3 Å². The fourth-order valence-electron chi connectivity index (χ4n) is 3.20. The van der Waals surface area contributed by atoms with Gasteiger partial charge in [-0.15, -0.1) is 11.3 Å². The molecule has 0 unspecified atom stereocenters. The SMILES string of the molecule is Cc1ccc(-c2csc3ncn(CCC(=O)OCCCn4cccn4)c(=O)c23)cc1. The summed E-state index contributed by atoms with van der Waals surface area (Å²) in [7, 11) is 0. The molecule has 0 saturated heterocycles. The maximum Gasteiger partial charge on any atom is 0.307 e. The average molecular weight is 423 g/mol. The van der Waals surface area contributed by atoms with E-state index in [1.165, 1.54) is 22.2 Å². The van der Waals surface area contributed by atoms with E-state index >= 15 is 0 Å². The number of esters is 1. The van der Waals surface area contributed by atoms with Gasteiger partial charge in [0.25, 0.3) is 5.56 Å². The maximum absolute atomic E-state index is 13.0. The highest BCUT2D eigenvalue weighted by atomic mass is 32.1. The van der Waals surface area contributed by atoms with Gasteiger partial charge in [-0.05, 0) is 18.6 Å². The molecule has 0 fully saturated rings. The van der Waals surface area contributed by atoms with E-state index < -0.39 is 0 Å². The van der Waals surface area contributed by atoms with Crippen molar-refractivity contribution < 1.29 is 9.53 Å². The number of carbonyl (C=O) groups is 1. The Morgan fingerprint density at radius 3 is 2.80 bits per heavy atom. The van der Waals surface area contributed by atoms with Crippen molar-refractivity contribution in [3.05, 3.63) is 70.4 Å². The van der Waals surface area contributed by atoms with Crippen LogP contribution in [0.15, 0.2) is 59.2 Å². The van der Waals surface area contributed by atoms with E-state index in [2.05, 4.69) is 10.1 Å². The Labute approximate surface area is 177 Å². The normalized spacial score (nSPS) is 11.1. The van der Waals surface area contributed by atoms with Crippen LogP contribution in [0.1, 0.15) is 18.4 Å². The second kappa shape index (κ2) is 9.04. The number of hydrogen-bond donors (Lipinski definition) is 0. The van der Waals surface area contributed by atoms with Gasteiger partial charge in [-0.3, -0.25) is 18.8 Å². The summed E-state index contributed by atoms with van der Waals surface area (Å²) < 4.78 is 8.54. The van der Waals surface area contributed by atoms with Crippen molar-refractivity contribution in [3.8, 4) is 11.1 Å². The van der Waals surface area contributed by atoms with E-state index in [1.807, 2.05) is 48.8 Å². The molecular weight excluding hydrogens is 400 g/mol. The summed E-state index contributed by atoms with van der Waals surface area (Å²) in [6.07, 6.45) is 5.90. The van der Waals surface area contributed by atoms with Crippen molar-refractivity contribution in [2.75, 3.05) is 6.61 Å². The number of nitrogens with zero attached hydrogens (tertiary/aromatic N) is 4. The highest BCUT2D eigenvalue weighted by Crippen LogP contribution is 2.30. The van der Waals surface area contributed by atoms with Crippen molar-refractivity contribution >= 4 is 27.5 Å². The Balaban J connectivity index is 1.40. The van der Waals surface area contributed by atoms with Gasteiger partial charge in [0.05, 0.1) is 24.7 Å². The van der Waals surface area contributed by atoms with Crippen molar-refractivity contribution in [2.45, 2.75) is 32.9 Å². The van der Waals surface area contributed by atoms with E-state index in [-0.39, 0.29) is 24.5 Å². The van der Waals surface area contributed by atoms with Crippen LogP contribution in [0.4, 0.5) is 0 Å². The molecule has 0 N–H and O–H groups in total. The molecule has 0 saturated carbocycles. The highest BCUT2D eigenvalue weighted by molar-refractivity contribution is 7.17. The van der Waals surface area contributed by atoms with Gasteiger partial charge in [0.1, 0.15) is 4.83 Å². The number of aromatic nitrogens is 4. The fourth-order valence-corrected chi connectivity index (χ4v) is 4.11. The summed E-state index contributed by atoms with van der Waals surface area (Å²) in [5, 5.41) is 6.66. The molecule has 0 amide bonds. The van der Waals surface area contributed by atoms with Crippen LogP contribution >= 0.6 is 11.3 Å². The third-order valence-corrected chi connectivity index (χ3v) is 5.72. The zero-order valence-corrected chi connectivity index (χ0v) is 17.5. The van der Waals surface area contributed by atoms with Crippen LogP contribution < -0.4 is 5.56 Å². The lowest BCUT2D eigenvalue weighted by Gasteiger charge is -2.07. The minimum atomic E-state index is -0.327. The Morgan fingerprint density at radius 1 is 1.20 bits per heavy atom. The number of rotatable bonds is 8. The zero-order valence-electron chi connectivity index (χ0n) is 16.7. The molecule has 4 aromatic rings. The lowest BCUT2D eigenvalue weighted by atomic mass is 10.1. The van der Waals surface area contributed by atoms with E-state index in [4.69, 9.17) is 4.74 Å². The summed E-state index contributed by atoms with van der Waals surface area (Å²) in [4.78, 5) is 30.2. The van der Waals surface area contributed by atoms with E-state index in [9.17, 15) is 9.59 Å². The molecule has 0 radical (unpaired) electrons. The van der Waals surface area contributed by atoms with Gasteiger partial charge in [0.15, 0.2) is 0 Å². The first kappa shape index (κ1) is 20.0. The molecule has 1 aromatic carbocycles. The number of benzene rings is 1. The predicted molar refractivity (Wildman–Crippen MR) is 116 cm³/mol. The van der Waals surface area contributed by atoms with Gasteiger partial charge in [-0.1, -0.05) is 29.8 Å². The molecule has 0 aliphatic carbocycles. The third-order valence-electron chi connectivity index (χ3n) is 4.83. The molecule has 3 aromatic heterocycles. The molecule has 8 heteroatoms. The van der Waals surface area contributed by atoms with Crippen LogP contribution in [-0.4, -0.2) is 31.9 Å². The summed E-state index contributed by atoms with van der Waals surface area (Å²) >= 11 is 1.45. The number of fused-ring (bicyclic) bond motifs is 1. The Morgan fingerprint density at radius 2 is 2.03 bits per heavy atom. The lowest BCUT2D eigenvalue weighted by Crippen LogP contribution is -2.22. The van der Waals surface area contributed by atoms with E-state index in [1.54, 1.807) is 10.9 Å². The van der Waals surface area contributed by atoms with Crippen LogP contribution in [0.3, 0.4) is 0 Å². The molecule has 0 aliphatic heterocycles. The molecular formula is C22H22N4O3S. The smallest absolute Gasteiger partial charge is 0.307 e. The first-order chi connectivity index (χ1) is 14.6. The van der Waals surface area contributed by atoms with Gasteiger partial charge in [-0.2, -0.15) is 5.10 Å². The monoisotopic (exact) mass is 422 g/mol. The van der Waals surface area contributed by atoms with Crippen molar-refractivity contribution in [2.24, 2.45) is 0 Å². The molecule has 0 aliphatic rings. The van der Waals surface area contributed by atoms with Crippen LogP contribution in [0, 0.1) is 6.92 Å². The molecule has 154 valence electrons. The van der Waals surface area contributed by atoms with E-state index in [0.29, 0.717) is 29.8 Å². The van der Waals surface area contributed by atoms with Gasteiger partial charge in [-0.25, -0.2) is 4.98 Å². The number of ether oxygens (including phenoxy) is 1. The number of carbonyl (C=O) groups excluding carboxylic acids is 1. The average Bonchev–Trinajstić information content (AvgIpc) is 3.41. The second-order valence-corrected chi connectivity index (χ2v) is 7.89. The molecule has 4 rings (SSSR count). The number of hydrogen-bond acceptors (Lipinski definition) is 6. The molecule has 30 heavy (non-hydrogen) atoms.